The van der Waals surface area contributed by atoms with E-state index in [1.165, 1.54) is 5.57 Å². The molecule has 1 saturated heterocycles. The number of rotatable bonds is 3. The molecule has 1 amide bonds. The van der Waals surface area contributed by atoms with Crippen LogP contribution in [-0.2, 0) is 9.63 Å². The third-order valence-electron chi connectivity index (χ3n) is 4.08. The standard InChI is InChI=1S/C14H21N3O2/c1-10-8-12(19-16-10)14(11-4-2-6-15-9-11)17-7-3-5-13(17)18/h4,12,14-15H,2-3,5-9H2,1H3. The highest BCUT2D eigenvalue weighted by atomic mass is 16.6. The molecule has 0 aromatic rings. The zero-order chi connectivity index (χ0) is 13.2. The molecule has 2 atom stereocenters. The first kappa shape index (κ1) is 12.7. The molecule has 0 spiro atoms. The molecular weight excluding hydrogens is 242 g/mol. The quantitative estimate of drug-likeness (QED) is 0.775. The zero-order valence-electron chi connectivity index (χ0n) is 11.4. The summed E-state index contributed by atoms with van der Waals surface area (Å²) in [6.45, 7) is 4.70. The summed E-state index contributed by atoms with van der Waals surface area (Å²) in [6.07, 6.45) is 5.75. The lowest BCUT2D eigenvalue weighted by Crippen LogP contribution is -2.48. The molecule has 5 heteroatoms. The molecule has 19 heavy (non-hydrogen) atoms. The first-order valence-corrected chi connectivity index (χ1v) is 7.14. The normalized spacial score (nSPS) is 29.0. The molecule has 0 aromatic carbocycles. The molecule has 0 aliphatic carbocycles. The number of hydrogen-bond acceptors (Lipinski definition) is 4. The van der Waals surface area contributed by atoms with E-state index in [9.17, 15) is 4.79 Å². The molecule has 1 N–H and O–H groups in total. The van der Waals surface area contributed by atoms with Crippen molar-refractivity contribution in [1.29, 1.82) is 0 Å². The van der Waals surface area contributed by atoms with Gasteiger partial charge in [-0.1, -0.05) is 11.2 Å². The van der Waals surface area contributed by atoms with E-state index in [0.29, 0.717) is 6.42 Å². The van der Waals surface area contributed by atoms with E-state index in [-0.39, 0.29) is 18.1 Å². The number of nitrogens with zero attached hydrogens (tertiary/aromatic N) is 2. The summed E-state index contributed by atoms with van der Waals surface area (Å²) < 4.78 is 0. The molecule has 5 nitrogen and oxygen atoms in total. The van der Waals surface area contributed by atoms with E-state index in [0.717, 1.165) is 44.6 Å². The Morgan fingerprint density at radius 1 is 1.58 bits per heavy atom. The Morgan fingerprint density at radius 3 is 3.05 bits per heavy atom. The molecule has 3 rings (SSSR count). The largest absolute Gasteiger partial charge is 0.390 e. The summed E-state index contributed by atoms with van der Waals surface area (Å²) >= 11 is 0. The van der Waals surface area contributed by atoms with Crippen LogP contribution in [0.5, 0.6) is 0 Å². The van der Waals surface area contributed by atoms with Crippen molar-refractivity contribution < 1.29 is 9.63 Å². The van der Waals surface area contributed by atoms with Crippen molar-refractivity contribution in [1.82, 2.24) is 10.2 Å². The van der Waals surface area contributed by atoms with Crippen molar-refractivity contribution in [3.8, 4) is 0 Å². The fourth-order valence-electron chi connectivity index (χ4n) is 3.19. The molecule has 1 fully saturated rings. The maximum absolute atomic E-state index is 12.1. The minimum atomic E-state index is -0.00630. The van der Waals surface area contributed by atoms with E-state index in [1.54, 1.807) is 0 Å². The van der Waals surface area contributed by atoms with Crippen LogP contribution >= 0.6 is 0 Å². The second-order valence-electron chi connectivity index (χ2n) is 5.55. The maximum Gasteiger partial charge on any atom is 0.223 e. The van der Waals surface area contributed by atoms with Crippen LogP contribution in [-0.4, -0.2) is 48.3 Å². The monoisotopic (exact) mass is 263 g/mol. The first-order chi connectivity index (χ1) is 9.25. The van der Waals surface area contributed by atoms with E-state index >= 15 is 0 Å². The van der Waals surface area contributed by atoms with Gasteiger partial charge in [-0.05, 0) is 31.9 Å². The van der Waals surface area contributed by atoms with Gasteiger partial charge in [0.1, 0.15) is 0 Å². The lowest BCUT2D eigenvalue weighted by molar-refractivity contribution is -0.131. The predicted octanol–water partition coefficient (Wildman–Crippen LogP) is 1.06. The minimum absolute atomic E-state index is 0.00630. The topological polar surface area (TPSA) is 53.9 Å². The Labute approximate surface area is 113 Å². The first-order valence-electron chi connectivity index (χ1n) is 7.14. The Balaban J connectivity index is 1.82. The summed E-state index contributed by atoms with van der Waals surface area (Å²) in [6, 6.07) is 0.0593. The van der Waals surface area contributed by atoms with Gasteiger partial charge in [-0.3, -0.25) is 4.79 Å². The van der Waals surface area contributed by atoms with Crippen LogP contribution in [0.4, 0.5) is 0 Å². The zero-order valence-corrected chi connectivity index (χ0v) is 11.4. The second-order valence-corrected chi connectivity index (χ2v) is 5.55. The summed E-state index contributed by atoms with van der Waals surface area (Å²) in [4.78, 5) is 19.6. The Kier molecular flexibility index (Phi) is 3.55. The number of nitrogens with one attached hydrogen (secondary N) is 1. The van der Waals surface area contributed by atoms with Crippen molar-refractivity contribution in [2.75, 3.05) is 19.6 Å². The Hall–Kier alpha value is -1.36. The van der Waals surface area contributed by atoms with Crippen molar-refractivity contribution >= 4 is 11.6 Å². The number of carbonyl (C=O) groups excluding carboxylic acids is 1. The highest BCUT2D eigenvalue weighted by Gasteiger charge is 2.39. The van der Waals surface area contributed by atoms with Crippen LogP contribution in [0.2, 0.25) is 0 Å². The van der Waals surface area contributed by atoms with Gasteiger partial charge < -0.3 is 15.1 Å². The van der Waals surface area contributed by atoms with Gasteiger partial charge in [0.05, 0.1) is 11.8 Å². The molecule has 0 bridgehead atoms. The number of carbonyl (C=O) groups is 1. The van der Waals surface area contributed by atoms with Gasteiger partial charge in [0.25, 0.3) is 0 Å². The summed E-state index contributed by atoms with van der Waals surface area (Å²) in [5, 5.41) is 7.45. The summed E-state index contributed by atoms with van der Waals surface area (Å²) in [7, 11) is 0. The maximum atomic E-state index is 12.1. The van der Waals surface area contributed by atoms with E-state index in [4.69, 9.17) is 4.84 Å². The van der Waals surface area contributed by atoms with Crippen molar-refractivity contribution in [3.05, 3.63) is 11.6 Å². The molecular formula is C14H21N3O2. The van der Waals surface area contributed by atoms with Crippen LogP contribution in [0.25, 0.3) is 0 Å². The van der Waals surface area contributed by atoms with E-state index in [1.807, 2.05) is 11.8 Å². The van der Waals surface area contributed by atoms with Crippen molar-refractivity contribution in [2.45, 2.75) is 44.8 Å². The molecule has 0 radical (unpaired) electrons. The highest BCUT2D eigenvalue weighted by Crippen LogP contribution is 2.28. The number of amides is 1. The number of hydrogen-bond donors (Lipinski definition) is 1. The van der Waals surface area contributed by atoms with Gasteiger partial charge in [0.2, 0.25) is 5.91 Å². The van der Waals surface area contributed by atoms with Gasteiger partial charge in [0.15, 0.2) is 6.10 Å². The third kappa shape index (κ3) is 2.52. The Bertz CT molecular complexity index is 430. The van der Waals surface area contributed by atoms with Crippen LogP contribution in [0.3, 0.4) is 0 Å². The Morgan fingerprint density at radius 2 is 2.47 bits per heavy atom. The van der Waals surface area contributed by atoms with Crippen LogP contribution < -0.4 is 5.32 Å². The van der Waals surface area contributed by atoms with Crippen LogP contribution in [0, 0.1) is 0 Å². The summed E-state index contributed by atoms with van der Waals surface area (Å²) in [5.74, 6) is 0.254. The summed E-state index contributed by atoms with van der Waals surface area (Å²) in [5.41, 5.74) is 2.31. The fraction of sp³-hybridized carbons (Fsp3) is 0.714. The molecule has 0 saturated carbocycles. The fourth-order valence-corrected chi connectivity index (χ4v) is 3.19. The molecule has 3 heterocycles. The van der Waals surface area contributed by atoms with Crippen LogP contribution in [0.15, 0.2) is 16.8 Å². The van der Waals surface area contributed by atoms with E-state index in [2.05, 4.69) is 16.5 Å². The lowest BCUT2D eigenvalue weighted by atomic mass is 9.94. The average molecular weight is 263 g/mol. The molecule has 3 aliphatic rings. The van der Waals surface area contributed by atoms with Gasteiger partial charge in [-0.2, -0.15) is 0 Å². The number of likely N-dealkylation sites (tertiary alicyclic amines) is 1. The third-order valence-corrected chi connectivity index (χ3v) is 4.08. The molecule has 0 aromatic heterocycles. The second kappa shape index (κ2) is 5.33. The lowest BCUT2D eigenvalue weighted by Gasteiger charge is -2.34. The van der Waals surface area contributed by atoms with E-state index < -0.39 is 0 Å². The highest BCUT2D eigenvalue weighted by molar-refractivity contribution is 5.83. The average Bonchev–Trinajstić information content (AvgIpc) is 3.02. The van der Waals surface area contributed by atoms with Gasteiger partial charge in [0, 0.05) is 25.9 Å². The van der Waals surface area contributed by atoms with Crippen molar-refractivity contribution in [2.24, 2.45) is 5.16 Å². The molecule has 2 unspecified atom stereocenters. The van der Waals surface area contributed by atoms with Gasteiger partial charge >= 0.3 is 0 Å². The minimum Gasteiger partial charge on any atom is -0.390 e. The SMILES string of the molecule is CC1=NOC(C(C2=CCCNC2)N2CCCC2=O)C1. The smallest absolute Gasteiger partial charge is 0.223 e. The van der Waals surface area contributed by atoms with Crippen LogP contribution in [0.1, 0.15) is 32.6 Å². The van der Waals surface area contributed by atoms with Crippen molar-refractivity contribution in [3.63, 3.8) is 0 Å². The number of oxime groups is 1. The van der Waals surface area contributed by atoms with Gasteiger partial charge in [-0.25, -0.2) is 0 Å². The molecule has 104 valence electrons. The molecule has 3 aliphatic heterocycles. The predicted molar refractivity (Wildman–Crippen MR) is 72.9 cm³/mol. The van der Waals surface area contributed by atoms with Gasteiger partial charge in [-0.15, -0.1) is 0 Å².